The van der Waals surface area contributed by atoms with Crippen LogP contribution in [0.1, 0.15) is 0 Å². The Bertz CT molecular complexity index is 480. The smallest absolute Gasteiger partial charge is 0.133 e. The van der Waals surface area contributed by atoms with E-state index in [2.05, 4.69) is 25.7 Å². The summed E-state index contributed by atoms with van der Waals surface area (Å²) in [5.74, 6) is 0.794. The van der Waals surface area contributed by atoms with Crippen LogP contribution in [0.15, 0.2) is 28.7 Å². The highest BCUT2D eigenvalue weighted by molar-refractivity contribution is 9.10. The molecule has 1 aliphatic heterocycles. The fourth-order valence-electron chi connectivity index (χ4n) is 2.68. The summed E-state index contributed by atoms with van der Waals surface area (Å²) < 4.78 is 12.0. The highest BCUT2D eigenvalue weighted by atomic mass is 79.9. The maximum Gasteiger partial charge on any atom is 0.133 e. The summed E-state index contributed by atoms with van der Waals surface area (Å²) in [4.78, 5) is 4.47. The van der Waals surface area contributed by atoms with Crippen molar-refractivity contribution in [2.75, 3.05) is 65.7 Å². The van der Waals surface area contributed by atoms with Crippen LogP contribution >= 0.6 is 40.7 Å². The van der Waals surface area contributed by atoms with E-state index in [9.17, 15) is 5.11 Å². The monoisotopic (exact) mass is 474 g/mol. The Morgan fingerprint density at radius 3 is 2.35 bits per heavy atom. The number of hydrogen-bond donors (Lipinski definition) is 2. The molecule has 2 rings (SSSR count). The first-order valence-electron chi connectivity index (χ1n) is 8.37. The van der Waals surface area contributed by atoms with Gasteiger partial charge >= 0.3 is 0 Å². The SMILES string of the molecule is Cl.Cl.OCCN1CCN(CC(O)COCCOc2ccccc2Br)CC1. The molecule has 152 valence electrons. The van der Waals surface area contributed by atoms with E-state index in [-0.39, 0.29) is 31.4 Å². The summed E-state index contributed by atoms with van der Waals surface area (Å²) in [7, 11) is 0. The molecule has 0 radical (unpaired) electrons. The number of benzene rings is 1. The van der Waals surface area contributed by atoms with Crippen LogP contribution in [-0.2, 0) is 4.74 Å². The van der Waals surface area contributed by atoms with Crippen LogP contribution < -0.4 is 4.74 Å². The molecule has 1 saturated heterocycles. The number of hydrogen-bond acceptors (Lipinski definition) is 6. The predicted octanol–water partition coefficient (Wildman–Crippen LogP) is 1.66. The lowest BCUT2D eigenvalue weighted by Crippen LogP contribution is -2.49. The van der Waals surface area contributed by atoms with Gasteiger partial charge in [0.25, 0.3) is 0 Å². The van der Waals surface area contributed by atoms with E-state index in [4.69, 9.17) is 14.6 Å². The Morgan fingerprint density at radius 1 is 1.04 bits per heavy atom. The fourth-order valence-corrected chi connectivity index (χ4v) is 3.08. The molecule has 1 aromatic carbocycles. The van der Waals surface area contributed by atoms with Crippen molar-refractivity contribution >= 4 is 40.7 Å². The molecule has 0 amide bonds. The third-order valence-electron chi connectivity index (χ3n) is 3.98. The largest absolute Gasteiger partial charge is 0.490 e. The second-order valence-corrected chi connectivity index (χ2v) is 6.73. The number of ether oxygens (including phenoxy) is 2. The van der Waals surface area contributed by atoms with E-state index < -0.39 is 6.10 Å². The van der Waals surface area contributed by atoms with Gasteiger partial charge in [-0.2, -0.15) is 0 Å². The van der Waals surface area contributed by atoms with Gasteiger partial charge in [0.2, 0.25) is 0 Å². The average molecular weight is 476 g/mol. The minimum absolute atomic E-state index is 0. The Morgan fingerprint density at radius 2 is 1.69 bits per heavy atom. The van der Waals surface area contributed by atoms with Crippen LogP contribution in [0, 0.1) is 0 Å². The number of β-amino-alcohol motifs (C(OH)–C–C–N with tert-alkyl or cyclic N) is 2. The van der Waals surface area contributed by atoms with Crippen molar-refractivity contribution < 1.29 is 19.7 Å². The van der Waals surface area contributed by atoms with Crippen molar-refractivity contribution in [2.24, 2.45) is 0 Å². The zero-order valence-electron chi connectivity index (χ0n) is 14.8. The molecule has 1 aliphatic rings. The highest BCUT2D eigenvalue weighted by Crippen LogP contribution is 2.23. The lowest BCUT2D eigenvalue weighted by Gasteiger charge is -2.35. The van der Waals surface area contributed by atoms with Crippen LogP contribution in [0.25, 0.3) is 0 Å². The van der Waals surface area contributed by atoms with Gasteiger partial charge in [0.15, 0.2) is 0 Å². The van der Waals surface area contributed by atoms with E-state index in [1.165, 1.54) is 0 Å². The summed E-state index contributed by atoms with van der Waals surface area (Å²) in [6, 6.07) is 7.69. The molecule has 1 aromatic rings. The first-order valence-corrected chi connectivity index (χ1v) is 9.17. The Kier molecular flexibility index (Phi) is 14.8. The summed E-state index contributed by atoms with van der Waals surface area (Å²) in [5, 5.41) is 19.0. The lowest BCUT2D eigenvalue weighted by molar-refractivity contribution is -0.000810. The molecule has 0 spiro atoms. The van der Waals surface area contributed by atoms with Crippen molar-refractivity contribution in [3.05, 3.63) is 28.7 Å². The van der Waals surface area contributed by atoms with Gasteiger partial charge in [-0.05, 0) is 28.1 Å². The Balaban J connectivity index is 0.00000312. The van der Waals surface area contributed by atoms with Gasteiger partial charge in [-0.25, -0.2) is 0 Å². The highest BCUT2D eigenvalue weighted by Gasteiger charge is 2.18. The quantitative estimate of drug-likeness (QED) is 0.501. The first kappa shape index (κ1) is 25.9. The molecule has 0 aromatic heterocycles. The molecule has 0 saturated carbocycles. The number of para-hydroxylation sites is 1. The minimum Gasteiger partial charge on any atom is -0.490 e. The van der Waals surface area contributed by atoms with Crippen molar-refractivity contribution in [2.45, 2.75) is 6.10 Å². The number of halogens is 3. The summed E-state index contributed by atoms with van der Waals surface area (Å²) in [5.41, 5.74) is 0. The molecule has 6 nitrogen and oxygen atoms in total. The molecule has 1 fully saturated rings. The van der Waals surface area contributed by atoms with Gasteiger partial charge in [-0.15, -0.1) is 24.8 Å². The summed E-state index contributed by atoms with van der Waals surface area (Å²) in [6.45, 7) is 6.49. The number of aliphatic hydroxyl groups excluding tert-OH is 2. The van der Waals surface area contributed by atoms with Crippen molar-refractivity contribution in [1.82, 2.24) is 9.80 Å². The molecule has 1 atom stereocenters. The van der Waals surface area contributed by atoms with E-state index in [1.807, 2.05) is 24.3 Å². The standard InChI is InChI=1S/C17H27BrN2O4.2ClH/c18-16-3-1-2-4-17(16)24-12-11-23-14-15(22)13-20-7-5-19(6-8-20)9-10-21;;/h1-4,15,21-22H,5-14H2;2*1H. The molecule has 9 heteroatoms. The molecule has 2 N–H and O–H groups in total. The maximum absolute atomic E-state index is 10.1. The molecule has 1 unspecified atom stereocenters. The van der Waals surface area contributed by atoms with Crippen LogP contribution in [-0.4, -0.2) is 91.8 Å². The Hall–Kier alpha value is -0.120. The summed E-state index contributed by atoms with van der Waals surface area (Å²) >= 11 is 3.43. The molecular formula is C17H29BrCl2N2O4. The van der Waals surface area contributed by atoms with E-state index >= 15 is 0 Å². The van der Waals surface area contributed by atoms with Crippen molar-refractivity contribution in [1.29, 1.82) is 0 Å². The van der Waals surface area contributed by atoms with E-state index in [1.54, 1.807) is 0 Å². The minimum atomic E-state index is -0.488. The average Bonchev–Trinajstić information content (AvgIpc) is 2.58. The Labute approximate surface area is 176 Å². The van der Waals surface area contributed by atoms with Crippen LogP contribution in [0.4, 0.5) is 0 Å². The van der Waals surface area contributed by atoms with Gasteiger partial charge < -0.3 is 19.7 Å². The fraction of sp³-hybridized carbons (Fsp3) is 0.647. The third-order valence-corrected chi connectivity index (χ3v) is 4.64. The molecule has 26 heavy (non-hydrogen) atoms. The number of nitrogens with zero attached hydrogens (tertiary/aromatic N) is 2. The second-order valence-electron chi connectivity index (χ2n) is 5.87. The van der Waals surface area contributed by atoms with Gasteiger partial charge in [0.1, 0.15) is 12.4 Å². The molecule has 1 heterocycles. The number of rotatable bonds is 10. The van der Waals surface area contributed by atoms with Crippen molar-refractivity contribution in [3.8, 4) is 5.75 Å². The van der Waals surface area contributed by atoms with Gasteiger partial charge in [-0.3, -0.25) is 9.80 Å². The third kappa shape index (κ3) is 9.71. The zero-order valence-corrected chi connectivity index (χ0v) is 18.0. The van der Waals surface area contributed by atoms with E-state index in [0.717, 1.165) is 42.9 Å². The summed E-state index contributed by atoms with van der Waals surface area (Å²) in [6.07, 6.45) is -0.488. The van der Waals surface area contributed by atoms with Crippen LogP contribution in [0.2, 0.25) is 0 Å². The first-order chi connectivity index (χ1) is 11.7. The molecule has 0 aliphatic carbocycles. The molecule has 0 bridgehead atoms. The van der Waals surface area contributed by atoms with Crippen LogP contribution in [0.5, 0.6) is 5.75 Å². The van der Waals surface area contributed by atoms with E-state index in [0.29, 0.717) is 26.4 Å². The lowest BCUT2D eigenvalue weighted by atomic mass is 10.2. The van der Waals surface area contributed by atoms with Crippen LogP contribution in [0.3, 0.4) is 0 Å². The normalized spacial score (nSPS) is 16.4. The zero-order chi connectivity index (χ0) is 17.2. The van der Waals surface area contributed by atoms with Crippen molar-refractivity contribution in [3.63, 3.8) is 0 Å². The maximum atomic E-state index is 10.1. The topological polar surface area (TPSA) is 65.4 Å². The van der Waals surface area contributed by atoms with Gasteiger partial charge in [0.05, 0.1) is 30.4 Å². The predicted molar refractivity (Wildman–Crippen MR) is 111 cm³/mol. The number of aliphatic hydroxyl groups is 2. The second kappa shape index (κ2) is 14.9. The molecular weight excluding hydrogens is 447 g/mol. The van der Waals surface area contributed by atoms with Gasteiger partial charge in [-0.1, -0.05) is 12.1 Å². The van der Waals surface area contributed by atoms with Gasteiger partial charge in [0, 0.05) is 39.3 Å². The number of piperazine rings is 1.